The zero-order valence-electron chi connectivity index (χ0n) is 17.0. The maximum absolute atomic E-state index is 12.4. The Balaban J connectivity index is 1.26. The van der Waals surface area contributed by atoms with Crippen molar-refractivity contribution in [3.63, 3.8) is 0 Å². The Kier molecular flexibility index (Phi) is 6.66. The van der Waals surface area contributed by atoms with Crippen LogP contribution in [0.3, 0.4) is 0 Å². The van der Waals surface area contributed by atoms with E-state index >= 15 is 0 Å². The molecule has 8 heteroatoms. The molecule has 160 valence electrons. The standard InChI is InChI=1S/C22H27N3O5/c26-20-14-19(15-23-6-8-24(9-7-23)18-4-2-1-3-5-18)29-16-21(20)30-17-22(27)25-10-12-28-13-11-25/h1-5,14,16H,6-13,15,17H2. The number of carbonyl (C=O) groups excluding carboxylic acids is 1. The van der Waals surface area contributed by atoms with E-state index in [9.17, 15) is 9.59 Å². The number of para-hydroxylation sites is 1. The van der Waals surface area contributed by atoms with Crippen molar-refractivity contribution < 1.29 is 18.7 Å². The molecule has 30 heavy (non-hydrogen) atoms. The molecule has 0 atom stereocenters. The molecule has 1 aromatic heterocycles. The molecule has 2 aliphatic heterocycles. The van der Waals surface area contributed by atoms with Crippen LogP contribution in [0.1, 0.15) is 5.76 Å². The fraction of sp³-hybridized carbons (Fsp3) is 0.455. The molecule has 1 aromatic carbocycles. The maximum atomic E-state index is 12.4. The molecule has 4 rings (SSSR count). The van der Waals surface area contributed by atoms with Gasteiger partial charge in [0.25, 0.3) is 5.91 Å². The zero-order valence-corrected chi connectivity index (χ0v) is 17.0. The number of hydrogen-bond acceptors (Lipinski definition) is 7. The van der Waals surface area contributed by atoms with Crippen molar-refractivity contribution in [2.75, 3.05) is 64.0 Å². The van der Waals surface area contributed by atoms with Gasteiger partial charge < -0.3 is 23.7 Å². The number of amides is 1. The number of nitrogens with zero attached hydrogens (tertiary/aromatic N) is 3. The smallest absolute Gasteiger partial charge is 0.260 e. The van der Waals surface area contributed by atoms with Gasteiger partial charge in [-0.1, -0.05) is 18.2 Å². The van der Waals surface area contributed by atoms with E-state index in [1.54, 1.807) is 4.90 Å². The highest BCUT2D eigenvalue weighted by Gasteiger charge is 2.20. The number of anilines is 1. The molecule has 2 saturated heterocycles. The fourth-order valence-corrected chi connectivity index (χ4v) is 3.69. The van der Waals surface area contributed by atoms with Crippen molar-refractivity contribution in [1.29, 1.82) is 0 Å². The van der Waals surface area contributed by atoms with Crippen molar-refractivity contribution in [2.45, 2.75) is 6.54 Å². The highest BCUT2D eigenvalue weighted by atomic mass is 16.5. The molecule has 3 heterocycles. The highest BCUT2D eigenvalue weighted by molar-refractivity contribution is 5.77. The number of morpholine rings is 1. The van der Waals surface area contributed by atoms with Crippen LogP contribution < -0.4 is 15.1 Å². The predicted octanol–water partition coefficient (Wildman–Crippen LogP) is 1.20. The third-order valence-corrected chi connectivity index (χ3v) is 5.44. The fourth-order valence-electron chi connectivity index (χ4n) is 3.69. The summed E-state index contributed by atoms with van der Waals surface area (Å²) < 4.78 is 16.2. The molecule has 0 unspecified atom stereocenters. The van der Waals surface area contributed by atoms with Crippen LogP contribution in [0, 0.1) is 0 Å². The van der Waals surface area contributed by atoms with Gasteiger partial charge in [0.2, 0.25) is 11.2 Å². The van der Waals surface area contributed by atoms with E-state index in [1.807, 2.05) is 6.07 Å². The van der Waals surface area contributed by atoms with Crippen molar-refractivity contribution >= 4 is 11.6 Å². The number of carbonyl (C=O) groups is 1. The minimum atomic E-state index is -0.269. The number of benzene rings is 1. The molecular formula is C22H27N3O5. The molecular weight excluding hydrogens is 386 g/mol. The van der Waals surface area contributed by atoms with Gasteiger partial charge in [0, 0.05) is 51.0 Å². The summed E-state index contributed by atoms with van der Waals surface area (Å²) in [5.74, 6) is 0.507. The van der Waals surface area contributed by atoms with Crippen LogP contribution in [0.15, 0.2) is 51.9 Å². The van der Waals surface area contributed by atoms with E-state index in [4.69, 9.17) is 13.9 Å². The minimum Gasteiger partial charge on any atom is -0.477 e. The summed E-state index contributed by atoms with van der Waals surface area (Å²) >= 11 is 0. The van der Waals surface area contributed by atoms with Crippen LogP contribution in [0.5, 0.6) is 5.75 Å². The third-order valence-electron chi connectivity index (χ3n) is 5.44. The van der Waals surface area contributed by atoms with Crippen molar-refractivity contribution in [3.8, 4) is 5.75 Å². The zero-order chi connectivity index (χ0) is 20.8. The number of piperazine rings is 1. The van der Waals surface area contributed by atoms with Crippen LogP contribution >= 0.6 is 0 Å². The Bertz CT molecular complexity index is 887. The molecule has 0 bridgehead atoms. The predicted molar refractivity (Wildman–Crippen MR) is 112 cm³/mol. The van der Waals surface area contributed by atoms with E-state index in [-0.39, 0.29) is 23.7 Å². The van der Waals surface area contributed by atoms with Gasteiger partial charge in [-0.2, -0.15) is 0 Å². The Morgan fingerprint density at radius 2 is 1.73 bits per heavy atom. The summed E-state index contributed by atoms with van der Waals surface area (Å²) in [6.45, 7) is 6.20. The summed E-state index contributed by atoms with van der Waals surface area (Å²) in [6.07, 6.45) is 1.31. The highest BCUT2D eigenvalue weighted by Crippen LogP contribution is 2.17. The van der Waals surface area contributed by atoms with Crippen LogP contribution in [-0.4, -0.2) is 74.8 Å². The molecule has 2 aliphatic rings. The second-order valence-corrected chi connectivity index (χ2v) is 7.46. The van der Waals surface area contributed by atoms with Crippen LogP contribution in [0.4, 0.5) is 5.69 Å². The van der Waals surface area contributed by atoms with Gasteiger partial charge >= 0.3 is 0 Å². The van der Waals surface area contributed by atoms with Crippen LogP contribution in [-0.2, 0) is 16.1 Å². The molecule has 0 saturated carbocycles. The Morgan fingerprint density at radius 3 is 2.43 bits per heavy atom. The number of rotatable bonds is 6. The molecule has 0 aliphatic carbocycles. The van der Waals surface area contributed by atoms with Gasteiger partial charge in [0.15, 0.2) is 6.61 Å². The normalized spacial score (nSPS) is 17.7. The average Bonchev–Trinajstić information content (AvgIpc) is 2.80. The topological polar surface area (TPSA) is 75.5 Å². The van der Waals surface area contributed by atoms with Gasteiger partial charge in [0.1, 0.15) is 12.0 Å². The van der Waals surface area contributed by atoms with Crippen molar-refractivity contribution in [3.05, 3.63) is 58.6 Å². The second-order valence-electron chi connectivity index (χ2n) is 7.46. The Morgan fingerprint density at radius 1 is 1.00 bits per heavy atom. The number of hydrogen-bond donors (Lipinski definition) is 0. The molecule has 2 fully saturated rings. The molecule has 8 nitrogen and oxygen atoms in total. The largest absolute Gasteiger partial charge is 0.477 e. The monoisotopic (exact) mass is 413 g/mol. The Labute approximate surface area is 175 Å². The quantitative estimate of drug-likeness (QED) is 0.704. The lowest BCUT2D eigenvalue weighted by Gasteiger charge is -2.35. The molecule has 2 aromatic rings. The van der Waals surface area contributed by atoms with Crippen LogP contribution in [0.2, 0.25) is 0 Å². The van der Waals surface area contributed by atoms with E-state index in [1.165, 1.54) is 18.0 Å². The van der Waals surface area contributed by atoms with E-state index in [2.05, 4.69) is 34.1 Å². The first kappa shape index (κ1) is 20.4. The Hall–Kier alpha value is -2.84. The number of ether oxygens (including phenoxy) is 2. The maximum Gasteiger partial charge on any atom is 0.260 e. The summed E-state index contributed by atoms with van der Waals surface area (Å²) in [5.41, 5.74) is 0.964. The first-order valence-corrected chi connectivity index (χ1v) is 10.3. The molecule has 0 spiro atoms. The van der Waals surface area contributed by atoms with Gasteiger partial charge in [0.05, 0.1) is 19.8 Å². The average molecular weight is 413 g/mol. The lowest BCUT2D eigenvalue weighted by molar-refractivity contribution is -0.137. The molecule has 0 N–H and O–H groups in total. The second kappa shape index (κ2) is 9.77. The van der Waals surface area contributed by atoms with E-state index < -0.39 is 0 Å². The SMILES string of the molecule is O=C(COc1coc(CN2CCN(c3ccccc3)CC2)cc1=O)N1CCOCC1. The first-order chi connectivity index (χ1) is 14.7. The van der Waals surface area contributed by atoms with Gasteiger partial charge in [-0.05, 0) is 12.1 Å². The van der Waals surface area contributed by atoms with Gasteiger partial charge in [-0.25, -0.2) is 0 Å². The lowest BCUT2D eigenvalue weighted by Crippen LogP contribution is -2.46. The van der Waals surface area contributed by atoms with Crippen molar-refractivity contribution in [1.82, 2.24) is 9.80 Å². The summed E-state index contributed by atoms with van der Waals surface area (Å²) in [4.78, 5) is 30.8. The van der Waals surface area contributed by atoms with E-state index in [0.717, 1.165) is 26.2 Å². The van der Waals surface area contributed by atoms with E-state index in [0.29, 0.717) is 38.6 Å². The minimum absolute atomic E-state index is 0.0641. The lowest BCUT2D eigenvalue weighted by atomic mass is 10.2. The summed E-state index contributed by atoms with van der Waals surface area (Å²) in [6, 6.07) is 11.8. The molecule has 0 radical (unpaired) electrons. The van der Waals surface area contributed by atoms with Gasteiger partial charge in [-0.3, -0.25) is 14.5 Å². The summed E-state index contributed by atoms with van der Waals surface area (Å²) in [7, 11) is 0. The van der Waals surface area contributed by atoms with Crippen LogP contribution in [0.25, 0.3) is 0 Å². The molecule has 1 amide bonds. The summed E-state index contributed by atoms with van der Waals surface area (Å²) in [5, 5.41) is 0. The third kappa shape index (κ3) is 5.20. The first-order valence-electron chi connectivity index (χ1n) is 10.3. The van der Waals surface area contributed by atoms with Gasteiger partial charge in [-0.15, -0.1) is 0 Å². The van der Waals surface area contributed by atoms with Crippen molar-refractivity contribution in [2.24, 2.45) is 0 Å².